The van der Waals surface area contributed by atoms with E-state index in [0.717, 1.165) is 31.7 Å². The summed E-state index contributed by atoms with van der Waals surface area (Å²) in [5.74, 6) is 0. The third-order valence-corrected chi connectivity index (χ3v) is 4.81. The van der Waals surface area contributed by atoms with E-state index in [1.807, 2.05) is 18.2 Å². The van der Waals surface area contributed by atoms with E-state index in [2.05, 4.69) is 23.6 Å². The Morgan fingerprint density at radius 2 is 1.65 bits per heavy atom. The highest BCUT2D eigenvalue weighted by Crippen LogP contribution is 2.28. The van der Waals surface area contributed by atoms with Gasteiger partial charge < -0.3 is 5.73 Å². The molecule has 1 atom stereocenters. The van der Waals surface area contributed by atoms with Crippen molar-refractivity contribution in [1.29, 1.82) is 0 Å². The van der Waals surface area contributed by atoms with Gasteiger partial charge in [-0.2, -0.15) is 0 Å². The molecule has 112 valence electrons. The quantitative estimate of drug-likeness (QED) is 0.927. The minimum atomic E-state index is 0.221. The summed E-state index contributed by atoms with van der Waals surface area (Å²) in [6.07, 6.45) is 0. The fourth-order valence-corrected chi connectivity index (χ4v) is 3.09. The highest BCUT2D eigenvalue weighted by atomic mass is 35.5. The van der Waals surface area contributed by atoms with Crippen LogP contribution in [0.2, 0.25) is 10.0 Å². The van der Waals surface area contributed by atoms with Crippen molar-refractivity contribution in [2.24, 2.45) is 5.73 Å². The fraction of sp³-hybridized carbons (Fsp3) is 0.600. The third-order valence-electron chi connectivity index (χ3n) is 4.07. The second kappa shape index (κ2) is 7.10. The molecular weight excluding hydrogens is 293 g/mol. The van der Waals surface area contributed by atoms with Gasteiger partial charge in [-0.15, -0.1) is 0 Å². The van der Waals surface area contributed by atoms with Gasteiger partial charge in [0, 0.05) is 44.8 Å². The van der Waals surface area contributed by atoms with Crippen LogP contribution in [0.15, 0.2) is 18.2 Å². The lowest BCUT2D eigenvalue weighted by Crippen LogP contribution is -2.50. The Morgan fingerprint density at radius 3 is 2.15 bits per heavy atom. The van der Waals surface area contributed by atoms with Crippen LogP contribution < -0.4 is 5.73 Å². The summed E-state index contributed by atoms with van der Waals surface area (Å²) in [5, 5.41) is 1.19. The number of piperazine rings is 1. The third kappa shape index (κ3) is 3.66. The molecule has 0 saturated carbocycles. The number of benzene rings is 1. The molecule has 0 aromatic heterocycles. The molecule has 1 saturated heterocycles. The molecule has 1 unspecified atom stereocenters. The molecule has 1 aromatic carbocycles. The Kier molecular flexibility index (Phi) is 5.70. The molecule has 0 spiro atoms. The predicted molar refractivity (Wildman–Crippen MR) is 86.5 cm³/mol. The molecule has 5 heteroatoms. The van der Waals surface area contributed by atoms with Crippen molar-refractivity contribution >= 4 is 23.2 Å². The summed E-state index contributed by atoms with van der Waals surface area (Å²) >= 11 is 12.1. The van der Waals surface area contributed by atoms with Crippen LogP contribution in [-0.4, -0.2) is 48.6 Å². The van der Waals surface area contributed by atoms with Crippen LogP contribution in [-0.2, 0) is 0 Å². The van der Waals surface area contributed by atoms with Gasteiger partial charge in [0.25, 0.3) is 0 Å². The van der Waals surface area contributed by atoms with Crippen molar-refractivity contribution in [3.05, 3.63) is 33.8 Å². The average Bonchev–Trinajstić information content (AvgIpc) is 2.44. The Morgan fingerprint density at radius 1 is 1.05 bits per heavy atom. The normalized spacial score (nSPS) is 19.5. The zero-order valence-corrected chi connectivity index (χ0v) is 13.7. The summed E-state index contributed by atoms with van der Waals surface area (Å²) in [7, 11) is 0. The van der Waals surface area contributed by atoms with E-state index in [1.54, 1.807) is 0 Å². The first-order valence-corrected chi connectivity index (χ1v) is 7.91. The lowest BCUT2D eigenvalue weighted by atomic mass is 10.0. The first-order valence-electron chi connectivity index (χ1n) is 7.16. The van der Waals surface area contributed by atoms with Crippen molar-refractivity contribution in [3.63, 3.8) is 0 Å². The summed E-state index contributed by atoms with van der Waals surface area (Å²) in [4.78, 5) is 4.94. The summed E-state index contributed by atoms with van der Waals surface area (Å²) in [6, 6.07) is 6.65. The Labute approximate surface area is 131 Å². The van der Waals surface area contributed by atoms with Gasteiger partial charge in [0.05, 0.1) is 10.0 Å². The van der Waals surface area contributed by atoms with Crippen LogP contribution in [0.25, 0.3) is 0 Å². The fourth-order valence-electron chi connectivity index (χ4n) is 2.78. The molecule has 0 amide bonds. The second-order valence-electron chi connectivity index (χ2n) is 5.59. The van der Waals surface area contributed by atoms with Gasteiger partial charge in [0.2, 0.25) is 0 Å². The molecule has 1 fully saturated rings. The maximum atomic E-state index is 6.12. The SMILES string of the molecule is CC(C)N1CCN(C(CN)c2ccc(Cl)c(Cl)c2)CC1. The number of nitrogens with two attached hydrogens (primary N) is 1. The first-order chi connectivity index (χ1) is 9.52. The first kappa shape index (κ1) is 16.1. The number of halogens is 2. The van der Waals surface area contributed by atoms with Gasteiger partial charge in [-0.3, -0.25) is 9.80 Å². The van der Waals surface area contributed by atoms with Gasteiger partial charge in [-0.05, 0) is 31.5 Å². The number of hydrogen-bond donors (Lipinski definition) is 1. The number of rotatable bonds is 4. The van der Waals surface area contributed by atoms with Crippen LogP contribution in [0, 0.1) is 0 Å². The van der Waals surface area contributed by atoms with E-state index < -0.39 is 0 Å². The molecule has 1 aromatic rings. The molecule has 2 N–H and O–H groups in total. The number of nitrogens with zero attached hydrogens (tertiary/aromatic N) is 2. The molecule has 20 heavy (non-hydrogen) atoms. The van der Waals surface area contributed by atoms with Crippen molar-refractivity contribution in [2.45, 2.75) is 25.9 Å². The van der Waals surface area contributed by atoms with Crippen LogP contribution >= 0.6 is 23.2 Å². The summed E-state index contributed by atoms with van der Waals surface area (Å²) < 4.78 is 0. The molecular formula is C15H23Cl2N3. The van der Waals surface area contributed by atoms with Crippen LogP contribution in [0.1, 0.15) is 25.5 Å². The molecule has 1 aliphatic rings. The monoisotopic (exact) mass is 315 g/mol. The summed E-state index contributed by atoms with van der Waals surface area (Å²) in [5.41, 5.74) is 7.14. The zero-order chi connectivity index (χ0) is 14.7. The van der Waals surface area contributed by atoms with E-state index in [4.69, 9.17) is 28.9 Å². The molecule has 0 radical (unpaired) electrons. The van der Waals surface area contributed by atoms with Crippen LogP contribution in [0.3, 0.4) is 0 Å². The maximum absolute atomic E-state index is 6.12. The Balaban J connectivity index is 2.07. The standard InChI is InChI=1S/C15H23Cl2N3/c1-11(2)19-5-7-20(8-6-19)15(10-18)12-3-4-13(16)14(17)9-12/h3-4,9,11,15H,5-8,10,18H2,1-2H3. The van der Waals surface area contributed by atoms with Gasteiger partial charge >= 0.3 is 0 Å². The molecule has 2 rings (SSSR count). The van der Waals surface area contributed by atoms with E-state index in [0.29, 0.717) is 22.6 Å². The zero-order valence-electron chi connectivity index (χ0n) is 12.1. The van der Waals surface area contributed by atoms with Crippen LogP contribution in [0.4, 0.5) is 0 Å². The molecule has 1 aliphatic heterocycles. The average molecular weight is 316 g/mol. The highest BCUT2D eigenvalue weighted by Gasteiger charge is 2.25. The van der Waals surface area contributed by atoms with Crippen molar-refractivity contribution in [1.82, 2.24) is 9.80 Å². The van der Waals surface area contributed by atoms with Gasteiger partial charge in [-0.1, -0.05) is 29.3 Å². The Hall–Kier alpha value is -0.320. The maximum Gasteiger partial charge on any atom is 0.0595 e. The van der Waals surface area contributed by atoms with Crippen molar-refractivity contribution in [2.75, 3.05) is 32.7 Å². The largest absolute Gasteiger partial charge is 0.329 e. The predicted octanol–water partition coefficient (Wildman–Crippen LogP) is 3.02. The molecule has 3 nitrogen and oxygen atoms in total. The smallest absolute Gasteiger partial charge is 0.0595 e. The van der Waals surface area contributed by atoms with E-state index in [9.17, 15) is 0 Å². The second-order valence-corrected chi connectivity index (χ2v) is 6.41. The lowest BCUT2D eigenvalue weighted by Gasteiger charge is -2.40. The van der Waals surface area contributed by atoms with Gasteiger partial charge in [0.15, 0.2) is 0 Å². The Bertz CT molecular complexity index is 443. The van der Waals surface area contributed by atoms with Gasteiger partial charge in [0.1, 0.15) is 0 Å². The molecule has 0 aliphatic carbocycles. The molecule has 1 heterocycles. The van der Waals surface area contributed by atoms with Crippen molar-refractivity contribution in [3.8, 4) is 0 Å². The van der Waals surface area contributed by atoms with E-state index in [1.165, 1.54) is 0 Å². The number of hydrogen-bond acceptors (Lipinski definition) is 3. The van der Waals surface area contributed by atoms with E-state index in [-0.39, 0.29) is 6.04 Å². The topological polar surface area (TPSA) is 32.5 Å². The molecule has 0 bridgehead atoms. The van der Waals surface area contributed by atoms with Crippen molar-refractivity contribution < 1.29 is 0 Å². The van der Waals surface area contributed by atoms with Gasteiger partial charge in [-0.25, -0.2) is 0 Å². The lowest BCUT2D eigenvalue weighted by molar-refractivity contribution is 0.0802. The van der Waals surface area contributed by atoms with E-state index >= 15 is 0 Å². The highest BCUT2D eigenvalue weighted by molar-refractivity contribution is 6.42. The van der Waals surface area contributed by atoms with Crippen LogP contribution in [0.5, 0.6) is 0 Å². The summed E-state index contributed by atoms with van der Waals surface area (Å²) in [6.45, 7) is 9.36. The minimum Gasteiger partial charge on any atom is -0.329 e. The minimum absolute atomic E-state index is 0.221.